The minimum absolute atomic E-state index is 0.0500. The Kier molecular flexibility index (Phi) is 6.33. The molecule has 0 bridgehead atoms. The number of rotatable bonds is 7. The highest BCUT2D eigenvalue weighted by molar-refractivity contribution is 8.01. The molecule has 1 aromatic heterocycles. The molecular weight excluding hydrogens is 332 g/mol. The van der Waals surface area contributed by atoms with Crippen LogP contribution in [0.15, 0.2) is 40.9 Å². The first-order valence-electron chi connectivity index (χ1n) is 8.65. The van der Waals surface area contributed by atoms with Gasteiger partial charge >= 0.3 is 0 Å². The standard InChI is InChI=1S/C20H28N2O2S/c1-19(2,3)16-14-17(22-24-16)21-18(23)20(4,5)25-13-9-12-15-10-7-6-8-11-15/h6-8,10-11,14H,9,12-13H2,1-5H3,(H,21,22,23). The van der Waals surface area contributed by atoms with Crippen LogP contribution in [0.3, 0.4) is 0 Å². The molecule has 2 rings (SSSR count). The minimum Gasteiger partial charge on any atom is -0.359 e. The fourth-order valence-electron chi connectivity index (χ4n) is 2.27. The van der Waals surface area contributed by atoms with Gasteiger partial charge in [0, 0.05) is 11.5 Å². The van der Waals surface area contributed by atoms with Gasteiger partial charge in [-0.05, 0) is 38.0 Å². The lowest BCUT2D eigenvalue weighted by Crippen LogP contribution is -2.34. The van der Waals surface area contributed by atoms with Crippen LogP contribution in [-0.4, -0.2) is 21.6 Å². The first kappa shape index (κ1) is 19.6. The summed E-state index contributed by atoms with van der Waals surface area (Å²) in [6, 6.07) is 12.2. The molecule has 0 spiro atoms. The van der Waals surface area contributed by atoms with E-state index in [1.165, 1.54) is 5.56 Å². The Morgan fingerprint density at radius 2 is 1.84 bits per heavy atom. The van der Waals surface area contributed by atoms with Gasteiger partial charge in [-0.3, -0.25) is 4.79 Å². The molecule has 0 radical (unpaired) electrons. The summed E-state index contributed by atoms with van der Waals surface area (Å²) in [5.41, 5.74) is 1.21. The maximum Gasteiger partial charge on any atom is 0.241 e. The smallest absolute Gasteiger partial charge is 0.241 e. The maximum atomic E-state index is 12.5. The third kappa shape index (κ3) is 5.92. The van der Waals surface area contributed by atoms with Crippen LogP contribution >= 0.6 is 11.8 Å². The van der Waals surface area contributed by atoms with Gasteiger partial charge in [0.15, 0.2) is 5.82 Å². The molecule has 1 N–H and O–H groups in total. The molecule has 2 aromatic rings. The molecule has 0 aliphatic heterocycles. The average Bonchev–Trinajstić information content (AvgIpc) is 3.01. The zero-order valence-electron chi connectivity index (χ0n) is 15.8. The first-order valence-corrected chi connectivity index (χ1v) is 9.63. The van der Waals surface area contributed by atoms with Gasteiger partial charge in [-0.2, -0.15) is 0 Å². The Morgan fingerprint density at radius 1 is 1.16 bits per heavy atom. The minimum atomic E-state index is -0.516. The van der Waals surface area contributed by atoms with Gasteiger partial charge in [-0.25, -0.2) is 0 Å². The molecule has 1 aromatic carbocycles. The van der Waals surface area contributed by atoms with E-state index < -0.39 is 4.75 Å². The van der Waals surface area contributed by atoms with Crippen molar-refractivity contribution in [2.75, 3.05) is 11.1 Å². The van der Waals surface area contributed by atoms with Crippen molar-refractivity contribution in [1.82, 2.24) is 5.16 Å². The molecule has 0 fully saturated rings. The summed E-state index contributed by atoms with van der Waals surface area (Å²) in [6.45, 7) is 10.0. The van der Waals surface area contributed by atoms with Crippen molar-refractivity contribution in [1.29, 1.82) is 0 Å². The van der Waals surface area contributed by atoms with E-state index in [-0.39, 0.29) is 11.3 Å². The largest absolute Gasteiger partial charge is 0.359 e. The van der Waals surface area contributed by atoms with Crippen molar-refractivity contribution in [3.05, 3.63) is 47.7 Å². The van der Waals surface area contributed by atoms with Gasteiger partial charge < -0.3 is 9.84 Å². The highest BCUT2D eigenvalue weighted by Gasteiger charge is 2.29. The zero-order chi connectivity index (χ0) is 18.5. The van der Waals surface area contributed by atoms with Crippen LogP contribution in [0, 0.1) is 0 Å². The molecule has 25 heavy (non-hydrogen) atoms. The second kappa shape index (κ2) is 8.09. The van der Waals surface area contributed by atoms with Gasteiger partial charge in [0.25, 0.3) is 0 Å². The molecule has 136 valence electrons. The first-order chi connectivity index (χ1) is 11.7. The number of aromatic nitrogens is 1. The van der Waals surface area contributed by atoms with E-state index in [1.54, 1.807) is 17.8 Å². The number of nitrogens with one attached hydrogen (secondary N) is 1. The summed E-state index contributed by atoms with van der Waals surface area (Å²) in [4.78, 5) is 12.5. The second-order valence-electron chi connectivity index (χ2n) is 7.73. The Bertz CT molecular complexity index is 687. The molecule has 0 aliphatic carbocycles. The molecule has 0 unspecified atom stereocenters. The number of carbonyl (C=O) groups excluding carboxylic acids is 1. The average molecular weight is 361 g/mol. The van der Waals surface area contributed by atoms with Crippen molar-refractivity contribution >= 4 is 23.5 Å². The number of hydrogen-bond acceptors (Lipinski definition) is 4. The van der Waals surface area contributed by atoms with Crippen LogP contribution in [-0.2, 0) is 16.6 Å². The van der Waals surface area contributed by atoms with Crippen LogP contribution < -0.4 is 5.32 Å². The van der Waals surface area contributed by atoms with E-state index in [1.807, 2.05) is 40.7 Å². The Labute approximate surface area is 154 Å². The Hall–Kier alpha value is -1.75. The van der Waals surface area contributed by atoms with Crippen LogP contribution in [0.5, 0.6) is 0 Å². The lowest BCUT2D eigenvalue weighted by atomic mass is 9.93. The monoisotopic (exact) mass is 360 g/mol. The lowest BCUT2D eigenvalue weighted by molar-refractivity contribution is -0.117. The van der Waals surface area contributed by atoms with Crippen LogP contribution in [0.2, 0.25) is 0 Å². The number of amides is 1. The van der Waals surface area contributed by atoms with Crippen molar-refractivity contribution in [3.8, 4) is 0 Å². The van der Waals surface area contributed by atoms with Gasteiger partial charge in [0.1, 0.15) is 5.76 Å². The van der Waals surface area contributed by atoms with E-state index >= 15 is 0 Å². The second-order valence-corrected chi connectivity index (χ2v) is 9.45. The van der Waals surface area contributed by atoms with Crippen molar-refractivity contribution in [2.24, 2.45) is 0 Å². The molecule has 4 nitrogen and oxygen atoms in total. The number of hydrogen-bond donors (Lipinski definition) is 1. The van der Waals surface area contributed by atoms with Crippen LogP contribution in [0.25, 0.3) is 0 Å². The van der Waals surface area contributed by atoms with Crippen molar-refractivity contribution < 1.29 is 9.32 Å². The number of thioether (sulfide) groups is 1. The number of aryl methyl sites for hydroxylation is 1. The molecule has 0 saturated heterocycles. The number of anilines is 1. The predicted octanol–water partition coefficient (Wildman–Crippen LogP) is 5.06. The quantitative estimate of drug-likeness (QED) is 0.702. The van der Waals surface area contributed by atoms with Gasteiger partial charge in [-0.1, -0.05) is 56.3 Å². The summed E-state index contributed by atoms with van der Waals surface area (Å²) in [6.07, 6.45) is 2.08. The summed E-state index contributed by atoms with van der Waals surface area (Å²) in [5, 5.41) is 6.82. The summed E-state index contributed by atoms with van der Waals surface area (Å²) in [5.74, 6) is 2.12. The number of carbonyl (C=O) groups is 1. The third-order valence-corrected chi connectivity index (χ3v) is 5.35. The molecule has 0 aliphatic rings. The zero-order valence-corrected chi connectivity index (χ0v) is 16.6. The molecule has 0 saturated carbocycles. The number of benzene rings is 1. The molecule has 0 atom stereocenters. The fraction of sp³-hybridized carbons (Fsp3) is 0.500. The van der Waals surface area contributed by atoms with E-state index in [2.05, 4.69) is 34.7 Å². The van der Waals surface area contributed by atoms with E-state index in [0.717, 1.165) is 24.4 Å². The Balaban J connectivity index is 1.82. The van der Waals surface area contributed by atoms with Crippen molar-refractivity contribution in [2.45, 2.75) is 57.6 Å². The van der Waals surface area contributed by atoms with Gasteiger partial charge in [-0.15, -0.1) is 11.8 Å². The summed E-state index contributed by atoms with van der Waals surface area (Å²) >= 11 is 1.67. The maximum absolute atomic E-state index is 12.5. The number of nitrogens with zero attached hydrogens (tertiary/aromatic N) is 1. The molecule has 5 heteroatoms. The third-order valence-electron chi connectivity index (χ3n) is 3.95. The summed E-state index contributed by atoms with van der Waals surface area (Å²) < 4.78 is 4.80. The van der Waals surface area contributed by atoms with E-state index in [9.17, 15) is 4.79 Å². The molecule has 1 amide bonds. The van der Waals surface area contributed by atoms with E-state index in [0.29, 0.717) is 5.82 Å². The highest BCUT2D eigenvalue weighted by atomic mass is 32.2. The predicted molar refractivity (Wildman–Crippen MR) is 105 cm³/mol. The van der Waals surface area contributed by atoms with Gasteiger partial charge in [0.2, 0.25) is 5.91 Å². The van der Waals surface area contributed by atoms with Crippen LogP contribution in [0.4, 0.5) is 5.82 Å². The summed E-state index contributed by atoms with van der Waals surface area (Å²) in [7, 11) is 0. The topological polar surface area (TPSA) is 55.1 Å². The highest BCUT2D eigenvalue weighted by Crippen LogP contribution is 2.29. The van der Waals surface area contributed by atoms with Crippen LogP contribution in [0.1, 0.15) is 52.4 Å². The lowest BCUT2D eigenvalue weighted by Gasteiger charge is -2.22. The SMILES string of the molecule is CC(C)(SCCCc1ccccc1)C(=O)Nc1cc(C(C)(C)C)on1. The molecule has 1 heterocycles. The van der Waals surface area contributed by atoms with E-state index in [4.69, 9.17) is 4.52 Å². The Morgan fingerprint density at radius 3 is 2.44 bits per heavy atom. The fourth-order valence-corrected chi connectivity index (χ4v) is 3.25. The molecular formula is C20H28N2O2S. The van der Waals surface area contributed by atoms with Crippen molar-refractivity contribution in [3.63, 3.8) is 0 Å². The van der Waals surface area contributed by atoms with Gasteiger partial charge in [0.05, 0.1) is 4.75 Å². The normalized spacial score (nSPS) is 12.2.